The van der Waals surface area contributed by atoms with Crippen LogP contribution in [0.25, 0.3) is 11.3 Å². The summed E-state index contributed by atoms with van der Waals surface area (Å²) in [6, 6.07) is 15.0. The zero-order valence-electron chi connectivity index (χ0n) is 17.6. The number of carbonyl (C=O) groups is 2. The molecule has 162 valence electrons. The molecule has 0 radical (unpaired) electrons. The van der Waals surface area contributed by atoms with Gasteiger partial charge in [0.05, 0.1) is 12.8 Å². The predicted octanol–water partition coefficient (Wildman–Crippen LogP) is 4.52. The van der Waals surface area contributed by atoms with Gasteiger partial charge in [0.2, 0.25) is 5.91 Å². The maximum absolute atomic E-state index is 13.0. The van der Waals surface area contributed by atoms with Crippen LogP contribution in [0.3, 0.4) is 0 Å². The molecule has 31 heavy (non-hydrogen) atoms. The van der Waals surface area contributed by atoms with E-state index in [9.17, 15) is 9.59 Å². The van der Waals surface area contributed by atoms with Crippen molar-refractivity contribution in [1.82, 2.24) is 15.5 Å². The summed E-state index contributed by atoms with van der Waals surface area (Å²) >= 11 is 5.89. The third-order valence-electron chi connectivity index (χ3n) is 5.11. The number of aromatic nitrogens is 2. The molecular weight excluding hydrogens is 416 g/mol. The van der Waals surface area contributed by atoms with Crippen molar-refractivity contribution in [2.45, 2.75) is 26.3 Å². The summed E-state index contributed by atoms with van der Waals surface area (Å²) in [5, 5.41) is 13.3. The highest BCUT2D eigenvalue weighted by Gasteiger charge is 2.27. The second-order valence-electron chi connectivity index (χ2n) is 7.20. The largest absolute Gasteiger partial charge is 0.496 e. The van der Waals surface area contributed by atoms with Crippen LogP contribution in [0.15, 0.2) is 54.6 Å². The summed E-state index contributed by atoms with van der Waals surface area (Å²) in [5.74, 6) is 0.296. The Morgan fingerprint density at radius 3 is 2.55 bits per heavy atom. The standard InChI is InChI=1S/C23H25ClN4O3/c1-4-14(2)21(26-22(29)15-9-11-16(24)12-10-15)23(30)25-20-13-18(27-28-20)17-7-5-6-8-19(17)31-3/h5-14,21H,4H2,1-3H3,(H,26,29)(H2,25,27,28,30). The number of benzene rings is 2. The monoisotopic (exact) mass is 440 g/mol. The van der Waals surface area contributed by atoms with Crippen molar-refractivity contribution < 1.29 is 14.3 Å². The van der Waals surface area contributed by atoms with Crippen molar-refractivity contribution >= 4 is 29.2 Å². The Morgan fingerprint density at radius 1 is 1.16 bits per heavy atom. The highest BCUT2D eigenvalue weighted by Crippen LogP contribution is 2.29. The molecule has 2 amide bonds. The first-order chi connectivity index (χ1) is 14.9. The van der Waals surface area contributed by atoms with E-state index in [-0.39, 0.29) is 17.7 Å². The summed E-state index contributed by atoms with van der Waals surface area (Å²) in [5.41, 5.74) is 1.97. The molecule has 2 aromatic carbocycles. The van der Waals surface area contributed by atoms with E-state index >= 15 is 0 Å². The number of anilines is 1. The van der Waals surface area contributed by atoms with Gasteiger partial charge in [0.25, 0.3) is 5.91 Å². The third-order valence-corrected chi connectivity index (χ3v) is 5.37. The molecule has 8 heteroatoms. The van der Waals surface area contributed by atoms with Crippen LogP contribution in [0.5, 0.6) is 5.75 Å². The van der Waals surface area contributed by atoms with Crippen molar-refractivity contribution in [1.29, 1.82) is 0 Å². The zero-order chi connectivity index (χ0) is 22.4. The maximum Gasteiger partial charge on any atom is 0.251 e. The van der Waals surface area contributed by atoms with Gasteiger partial charge >= 0.3 is 0 Å². The lowest BCUT2D eigenvalue weighted by molar-refractivity contribution is -0.119. The highest BCUT2D eigenvalue weighted by atomic mass is 35.5. The van der Waals surface area contributed by atoms with E-state index in [0.717, 1.165) is 5.56 Å². The number of ether oxygens (including phenoxy) is 1. The van der Waals surface area contributed by atoms with Gasteiger partial charge in [-0.3, -0.25) is 14.7 Å². The van der Waals surface area contributed by atoms with Crippen LogP contribution in [0.2, 0.25) is 5.02 Å². The number of nitrogens with one attached hydrogen (secondary N) is 3. The van der Waals surface area contributed by atoms with Crippen molar-refractivity contribution in [3.8, 4) is 17.0 Å². The molecule has 7 nitrogen and oxygen atoms in total. The van der Waals surface area contributed by atoms with E-state index in [0.29, 0.717) is 34.3 Å². The van der Waals surface area contributed by atoms with Gasteiger partial charge in [-0.15, -0.1) is 0 Å². The minimum absolute atomic E-state index is 0.0797. The first kappa shape index (κ1) is 22.4. The molecule has 3 aromatic rings. The predicted molar refractivity (Wildman–Crippen MR) is 121 cm³/mol. The van der Waals surface area contributed by atoms with Crippen LogP contribution in [0.4, 0.5) is 5.82 Å². The van der Waals surface area contributed by atoms with Crippen LogP contribution >= 0.6 is 11.6 Å². The molecule has 0 saturated carbocycles. The molecule has 3 rings (SSSR count). The second kappa shape index (κ2) is 10.1. The summed E-state index contributed by atoms with van der Waals surface area (Å²) in [6.07, 6.45) is 0.714. The van der Waals surface area contributed by atoms with E-state index in [1.54, 1.807) is 37.4 Å². The quantitative estimate of drug-likeness (QED) is 0.479. The van der Waals surface area contributed by atoms with Crippen molar-refractivity contribution in [2.75, 3.05) is 12.4 Å². The number of H-pyrrole nitrogens is 1. The normalized spacial score (nSPS) is 12.6. The van der Waals surface area contributed by atoms with E-state index < -0.39 is 6.04 Å². The number of aromatic amines is 1. The van der Waals surface area contributed by atoms with Crippen LogP contribution in [0, 0.1) is 5.92 Å². The smallest absolute Gasteiger partial charge is 0.251 e. The van der Waals surface area contributed by atoms with Gasteiger partial charge in [0, 0.05) is 22.2 Å². The Morgan fingerprint density at radius 2 is 1.87 bits per heavy atom. The van der Waals surface area contributed by atoms with Gasteiger partial charge in [-0.25, -0.2) is 0 Å². The van der Waals surface area contributed by atoms with Crippen LogP contribution < -0.4 is 15.4 Å². The summed E-state index contributed by atoms with van der Waals surface area (Å²) < 4.78 is 5.38. The third kappa shape index (κ3) is 5.44. The van der Waals surface area contributed by atoms with Gasteiger partial charge in [-0.1, -0.05) is 44.0 Å². The van der Waals surface area contributed by atoms with Gasteiger partial charge in [0.15, 0.2) is 5.82 Å². The summed E-state index contributed by atoms with van der Waals surface area (Å²) in [7, 11) is 1.60. The molecule has 0 aliphatic heterocycles. The van der Waals surface area contributed by atoms with Crippen LogP contribution in [-0.2, 0) is 4.79 Å². The number of nitrogens with zero attached hydrogens (tertiary/aromatic N) is 1. The zero-order valence-corrected chi connectivity index (χ0v) is 18.4. The van der Waals surface area contributed by atoms with Crippen LogP contribution in [-0.4, -0.2) is 35.2 Å². The van der Waals surface area contributed by atoms with Crippen molar-refractivity contribution in [3.63, 3.8) is 0 Å². The first-order valence-electron chi connectivity index (χ1n) is 9.99. The Hall–Kier alpha value is -3.32. The maximum atomic E-state index is 13.0. The lowest BCUT2D eigenvalue weighted by atomic mass is 9.98. The minimum Gasteiger partial charge on any atom is -0.496 e. The highest BCUT2D eigenvalue weighted by molar-refractivity contribution is 6.30. The molecule has 0 saturated heterocycles. The van der Waals surface area contributed by atoms with Gasteiger partial charge in [-0.2, -0.15) is 5.10 Å². The average molecular weight is 441 g/mol. The first-order valence-corrected chi connectivity index (χ1v) is 10.4. The molecule has 1 heterocycles. The molecule has 3 N–H and O–H groups in total. The van der Waals surface area contributed by atoms with E-state index in [4.69, 9.17) is 16.3 Å². The Kier molecular flexibility index (Phi) is 7.31. The van der Waals surface area contributed by atoms with E-state index in [2.05, 4.69) is 20.8 Å². The molecular formula is C23H25ClN4O3. The van der Waals surface area contributed by atoms with Crippen molar-refractivity contribution in [2.24, 2.45) is 5.92 Å². The number of para-hydroxylation sites is 1. The van der Waals surface area contributed by atoms with E-state index in [1.165, 1.54) is 0 Å². The van der Waals surface area contributed by atoms with Crippen molar-refractivity contribution in [3.05, 3.63) is 65.2 Å². The molecule has 0 aliphatic carbocycles. The number of rotatable bonds is 8. The molecule has 0 bridgehead atoms. The second-order valence-corrected chi connectivity index (χ2v) is 7.64. The number of hydrogen-bond donors (Lipinski definition) is 3. The fraction of sp³-hybridized carbons (Fsp3) is 0.261. The number of halogens is 1. The fourth-order valence-corrected chi connectivity index (χ4v) is 3.25. The Labute approximate surface area is 186 Å². The summed E-state index contributed by atoms with van der Waals surface area (Å²) in [4.78, 5) is 25.6. The fourth-order valence-electron chi connectivity index (χ4n) is 3.12. The molecule has 1 aromatic heterocycles. The molecule has 0 aliphatic rings. The molecule has 2 unspecified atom stereocenters. The molecule has 0 spiro atoms. The number of hydrogen-bond acceptors (Lipinski definition) is 4. The lowest BCUT2D eigenvalue weighted by Gasteiger charge is -2.23. The molecule has 0 fully saturated rings. The van der Waals surface area contributed by atoms with Crippen LogP contribution in [0.1, 0.15) is 30.6 Å². The minimum atomic E-state index is -0.723. The Bertz CT molecular complexity index is 1050. The topological polar surface area (TPSA) is 96.1 Å². The lowest BCUT2D eigenvalue weighted by Crippen LogP contribution is -2.47. The summed E-state index contributed by atoms with van der Waals surface area (Å²) in [6.45, 7) is 3.88. The number of amides is 2. The van der Waals surface area contributed by atoms with Gasteiger partial charge < -0.3 is 15.4 Å². The Balaban J connectivity index is 1.75. The van der Waals surface area contributed by atoms with E-state index in [1.807, 2.05) is 38.1 Å². The SMILES string of the molecule is CCC(C)C(NC(=O)c1ccc(Cl)cc1)C(=O)Nc1cc(-c2ccccc2OC)[nH]n1. The average Bonchev–Trinajstić information content (AvgIpc) is 3.25. The number of methoxy groups -OCH3 is 1. The molecule has 2 atom stereocenters. The van der Waals surface area contributed by atoms with Gasteiger partial charge in [0.1, 0.15) is 11.8 Å². The number of carbonyl (C=O) groups excluding carboxylic acids is 2. The van der Waals surface area contributed by atoms with Gasteiger partial charge in [-0.05, 0) is 42.3 Å².